The first-order valence-corrected chi connectivity index (χ1v) is 6.82. The van der Waals surface area contributed by atoms with Crippen LogP contribution in [0.4, 0.5) is 4.39 Å². The quantitative estimate of drug-likeness (QED) is 0.428. The van der Waals surface area contributed by atoms with Crippen LogP contribution in [0.2, 0.25) is 0 Å². The molecule has 0 aliphatic rings. The van der Waals surface area contributed by atoms with Gasteiger partial charge in [-0.3, -0.25) is 0 Å². The second-order valence-corrected chi connectivity index (χ2v) is 4.68. The number of alkyl halides is 1. The minimum absolute atomic E-state index is 0.215. The molecule has 2 unspecified atom stereocenters. The third-order valence-electron chi connectivity index (χ3n) is 2.90. The summed E-state index contributed by atoms with van der Waals surface area (Å²) in [4.78, 5) is 10.7. The molecule has 1 N–H and O–H groups in total. The minimum atomic E-state index is -0.976. The van der Waals surface area contributed by atoms with Crippen LogP contribution in [0, 0.1) is 17.8 Å². The first-order valence-electron chi connectivity index (χ1n) is 6.82. The molecule has 2 atom stereocenters. The van der Waals surface area contributed by atoms with E-state index in [0.717, 1.165) is 19.3 Å². The highest BCUT2D eigenvalue weighted by atomic mass is 19.1. The topological polar surface area (TPSA) is 37.3 Å². The first-order chi connectivity index (χ1) is 9.42. The molecular formula is C17H23FO2. The Labute approximate surface area is 121 Å². The number of aliphatic carboxylic acids is 1. The van der Waals surface area contributed by atoms with Gasteiger partial charge in [0.1, 0.15) is 6.17 Å². The Morgan fingerprint density at radius 1 is 1.45 bits per heavy atom. The molecule has 0 aliphatic carbocycles. The molecule has 0 saturated heterocycles. The molecule has 3 heteroatoms. The van der Waals surface area contributed by atoms with Crippen LogP contribution >= 0.6 is 0 Å². The second kappa shape index (κ2) is 10.0. The van der Waals surface area contributed by atoms with Gasteiger partial charge in [0.15, 0.2) is 0 Å². The SMILES string of the molecule is C=C/C(C#CC(CCCC)C(C)F)=C\C=C(/C)C(=O)O. The Balaban J connectivity index is 4.98. The summed E-state index contributed by atoms with van der Waals surface area (Å²) in [5.74, 6) is 4.52. The lowest BCUT2D eigenvalue weighted by Crippen LogP contribution is -2.10. The van der Waals surface area contributed by atoms with Gasteiger partial charge in [-0.15, -0.1) is 0 Å². The van der Waals surface area contributed by atoms with Gasteiger partial charge in [0, 0.05) is 11.1 Å². The van der Waals surface area contributed by atoms with Crippen molar-refractivity contribution in [2.24, 2.45) is 5.92 Å². The van der Waals surface area contributed by atoms with E-state index in [1.165, 1.54) is 19.9 Å². The van der Waals surface area contributed by atoms with Crippen LogP contribution in [-0.2, 0) is 4.79 Å². The van der Waals surface area contributed by atoms with E-state index in [2.05, 4.69) is 25.3 Å². The lowest BCUT2D eigenvalue weighted by atomic mass is 9.98. The van der Waals surface area contributed by atoms with Crippen molar-refractivity contribution in [2.75, 3.05) is 0 Å². The maximum atomic E-state index is 13.4. The van der Waals surface area contributed by atoms with E-state index < -0.39 is 12.1 Å². The Bertz CT molecular complexity index is 447. The highest BCUT2D eigenvalue weighted by Gasteiger charge is 2.12. The van der Waals surface area contributed by atoms with E-state index in [-0.39, 0.29) is 11.5 Å². The number of hydrogen-bond donors (Lipinski definition) is 1. The molecular weight excluding hydrogens is 255 g/mol. The standard InChI is InChI=1S/C17H23FO2/c1-5-7-8-16(14(4)18)12-11-15(6-2)10-9-13(3)17(19)20/h6,9-10,14,16H,2,5,7-8H2,1,3-4H3,(H,19,20)/b13-9+,15-10+. The highest BCUT2D eigenvalue weighted by Crippen LogP contribution is 2.15. The van der Waals surface area contributed by atoms with Crippen molar-refractivity contribution in [1.29, 1.82) is 0 Å². The smallest absolute Gasteiger partial charge is 0.331 e. The van der Waals surface area contributed by atoms with Gasteiger partial charge in [0.2, 0.25) is 0 Å². The van der Waals surface area contributed by atoms with Crippen LogP contribution in [0.25, 0.3) is 0 Å². The molecule has 20 heavy (non-hydrogen) atoms. The van der Waals surface area contributed by atoms with Crippen molar-refractivity contribution in [1.82, 2.24) is 0 Å². The second-order valence-electron chi connectivity index (χ2n) is 4.68. The number of hydrogen-bond acceptors (Lipinski definition) is 1. The van der Waals surface area contributed by atoms with E-state index in [4.69, 9.17) is 5.11 Å². The van der Waals surface area contributed by atoms with Crippen molar-refractivity contribution in [3.63, 3.8) is 0 Å². The van der Waals surface area contributed by atoms with E-state index in [0.29, 0.717) is 5.57 Å². The van der Waals surface area contributed by atoms with Crippen molar-refractivity contribution < 1.29 is 14.3 Å². The van der Waals surface area contributed by atoms with Crippen molar-refractivity contribution in [2.45, 2.75) is 46.2 Å². The van der Waals surface area contributed by atoms with Gasteiger partial charge in [-0.25, -0.2) is 9.18 Å². The molecule has 0 heterocycles. The summed E-state index contributed by atoms with van der Waals surface area (Å²) >= 11 is 0. The monoisotopic (exact) mass is 278 g/mol. The molecule has 0 bridgehead atoms. The van der Waals surface area contributed by atoms with Crippen molar-refractivity contribution in [3.8, 4) is 11.8 Å². The van der Waals surface area contributed by atoms with Crippen molar-refractivity contribution >= 4 is 5.97 Å². The fourth-order valence-corrected chi connectivity index (χ4v) is 1.46. The Hall–Kier alpha value is -1.82. The maximum absolute atomic E-state index is 13.4. The molecule has 0 aromatic carbocycles. The number of carboxylic acid groups (broad SMARTS) is 1. The van der Waals surface area contributed by atoms with E-state index >= 15 is 0 Å². The van der Waals surface area contributed by atoms with Gasteiger partial charge < -0.3 is 5.11 Å². The lowest BCUT2D eigenvalue weighted by molar-refractivity contribution is -0.132. The Morgan fingerprint density at radius 3 is 2.55 bits per heavy atom. The number of halogens is 1. The highest BCUT2D eigenvalue weighted by molar-refractivity contribution is 5.86. The van der Waals surface area contributed by atoms with E-state index in [1.807, 2.05) is 0 Å². The van der Waals surface area contributed by atoms with Crippen LogP contribution in [0.1, 0.15) is 40.0 Å². The third-order valence-corrected chi connectivity index (χ3v) is 2.90. The molecule has 0 aromatic heterocycles. The van der Waals surface area contributed by atoms with Gasteiger partial charge in [0.25, 0.3) is 0 Å². The van der Waals surface area contributed by atoms with Gasteiger partial charge in [-0.2, -0.15) is 0 Å². The number of allylic oxidation sites excluding steroid dienone is 4. The Kier molecular flexibility index (Phi) is 9.11. The van der Waals surface area contributed by atoms with Crippen LogP contribution in [-0.4, -0.2) is 17.2 Å². The minimum Gasteiger partial charge on any atom is -0.478 e. The summed E-state index contributed by atoms with van der Waals surface area (Å²) in [6.07, 6.45) is 6.30. The van der Waals surface area contributed by atoms with Crippen LogP contribution in [0.5, 0.6) is 0 Å². The van der Waals surface area contributed by atoms with E-state index in [9.17, 15) is 9.18 Å². The summed E-state index contributed by atoms with van der Waals surface area (Å²) in [7, 11) is 0. The van der Waals surface area contributed by atoms with Gasteiger partial charge in [-0.05, 0) is 26.3 Å². The molecule has 0 aromatic rings. The fraction of sp³-hybridized carbons (Fsp3) is 0.471. The van der Waals surface area contributed by atoms with E-state index in [1.54, 1.807) is 12.2 Å². The van der Waals surface area contributed by atoms with Crippen LogP contribution < -0.4 is 0 Å². The normalized spacial score (nSPS) is 15.0. The predicted molar refractivity (Wildman–Crippen MR) is 81.0 cm³/mol. The number of carboxylic acids is 1. The third kappa shape index (κ3) is 7.58. The average Bonchev–Trinajstić information content (AvgIpc) is 2.40. The summed E-state index contributed by atoms with van der Waals surface area (Å²) in [6.45, 7) is 8.70. The molecule has 0 rings (SSSR count). The first kappa shape index (κ1) is 18.2. The van der Waals surface area contributed by atoms with Gasteiger partial charge >= 0.3 is 5.97 Å². The van der Waals surface area contributed by atoms with Crippen molar-refractivity contribution in [3.05, 3.63) is 36.0 Å². The Morgan fingerprint density at radius 2 is 2.10 bits per heavy atom. The van der Waals surface area contributed by atoms with Gasteiger partial charge in [-0.1, -0.05) is 50.3 Å². The zero-order valence-electron chi connectivity index (χ0n) is 12.4. The number of rotatable bonds is 7. The lowest BCUT2D eigenvalue weighted by Gasteiger charge is -2.10. The summed E-state index contributed by atoms with van der Waals surface area (Å²) in [5.41, 5.74) is 0.806. The number of unbranched alkanes of at least 4 members (excludes halogenated alkanes) is 1. The maximum Gasteiger partial charge on any atom is 0.331 e. The van der Waals surface area contributed by atoms with Crippen LogP contribution in [0.3, 0.4) is 0 Å². The molecule has 2 nitrogen and oxygen atoms in total. The largest absolute Gasteiger partial charge is 0.478 e. The predicted octanol–water partition coefficient (Wildman–Crippen LogP) is 4.30. The molecule has 0 amide bonds. The summed E-state index contributed by atoms with van der Waals surface area (Å²) in [6, 6.07) is 0. The molecule has 110 valence electrons. The molecule has 0 radical (unpaired) electrons. The number of carbonyl (C=O) groups is 1. The molecule has 0 saturated carbocycles. The zero-order valence-corrected chi connectivity index (χ0v) is 12.4. The fourth-order valence-electron chi connectivity index (χ4n) is 1.46. The molecule has 0 fully saturated rings. The molecule has 0 aliphatic heterocycles. The molecule has 0 spiro atoms. The van der Waals surface area contributed by atoms with Crippen LogP contribution in [0.15, 0.2) is 36.0 Å². The summed E-state index contributed by atoms with van der Waals surface area (Å²) < 4.78 is 13.4. The average molecular weight is 278 g/mol. The van der Waals surface area contributed by atoms with Gasteiger partial charge in [0.05, 0.1) is 5.92 Å². The zero-order chi connectivity index (χ0) is 15.5. The summed E-state index contributed by atoms with van der Waals surface area (Å²) in [5, 5.41) is 8.75.